The largest absolute Gasteiger partial charge is 0.352 e. The Hall–Kier alpha value is -3.73. The number of nitrogens with zero attached hydrogens (tertiary/aromatic N) is 5. The maximum atomic E-state index is 12.5. The summed E-state index contributed by atoms with van der Waals surface area (Å²) in [5.41, 5.74) is 5.48. The standard InChI is InChI=1S/C23H24N6O2/c1-15-20(16(2)29-23(27-15)18(12-24)14-26-29)8-9-21(30)25-13-17-5-3-6-19(11-17)28-10-4-7-22(28)31/h3,5-6,11,14H,4,7-10,13H2,1-2H3,(H,25,30). The van der Waals surface area contributed by atoms with E-state index in [9.17, 15) is 14.9 Å². The topological polar surface area (TPSA) is 103 Å². The first kappa shape index (κ1) is 20.5. The Labute approximate surface area is 180 Å². The van der Waals surface area contributed by atoms with Crippen LogP contribution >= 0.6 is 0 Å². The lowest BCUT2D eigenvalue weighted by atomic mass is 10.1. The highest BCUT2D eigenvalue weighted by atomic mass is 16.2. The molecule has 1 saturated heterocycles. The van der Waals surface area contributed by atoms with Crippen molar-refractivity contribution in [1.29, 1.82) is 5.26 Å². The van der Waals surface area contributed by atoms with Gasteiger partial charge in [0.25, 0.3) is 0 Å². The van der Waals surface area contributed by atoms with Crippen LogP contribution in [0.15, 0.2) is 30.5 Å². The second kappa shape index (κ2) is 8.56. The molecule has 2 aromatic heterocycles. The first-order valence-corrected chi connectivity index (χ1v) is 10.4. The van der Waals surface area contributed by atoms with E-state index in [-0.39, 0.29) is 11.8 Å². The summed E-state index contributed by atoms with van der Waals surface area (Å²) in [7, 11) is 0. The number of nitriles is 1. The van der Waals surface area contributed by atoms with E-state index in [0.717, 1.165) is 41.2 Å². The molecule has 3 heterocycles. The van der Waals surface area contributed by atoms with Crippen LogP contribution in [0.3, 0.4) is 0 Å². The molecule has 1 N–H and O–H groups in total. The fourth-order valence-corrected chi connectivity index (χ4v) is 4.03. The highest BCUT2D eigenvalue weighted by molar-refractivity contribution is 5.95. The molecule has 8 heteroatoms. The first-order valence-electron chi connectivity index (χ1n) is 10.4. The van der Waals surface area contributed by atoms with E-state index in [1.165, 1.54) is 6.20 Å². The van der Waals surface area contributed by atoms with Gasteiger partial charge in [-0.05, 0) is 49.9 Å². The highest BCUT2D eigenvalue weighted by Gasteiger charge is 2.21. The van der Waals surface area contributed by atoms with E-state index in [1.807, 2.05) is 38.1 Å². The smallest absolute Gasteiger partial charge is 0.227 e. The summed E-state index contributed by atoms with van der Waals surface area (Å²) in [6.45, 7) is 4.97. The number of fused-ring (bicyclic) bond motifs is 1. The zero-order chi connectivity index (χ0) is 22.0. The molecule has 158 valence electrons. The Kier molecular flexibility index (Phi) is 5.67. The summed E-state index contributed by atoms with van der Waals surface area (Å²) >= 11 is 0. The summed E-state index contributed by atoms with van der Waals surface area (Å²) in [5, 5.41) is 16.4. The number of carbonyl (C=O) groups excluding carboxylic acids is 2. The summed E-state index contributed by atoms with van der Waals surface area (Å²) in [5.74, 6) is 0.0938. The fourth-order valence-electron chi connectivity index (χ4n) is 4.03. The highest BCUT2D eigenvalue weighted by Crippen LogP contribution is 2.22. The van der Waals surface area contributed by atoms with Gasteiger partial charge in [0.15, 0.2) is 5.65 Å². The van der Waals surface area contributed by atoms with Crippen LogP contribution < -0.4 is 10.2 Å². The molecule has 0 bridgehead atoms. The average Bonchev–Trinajstić information content (AvgIpc) is 3.38. The average molecular weight is 416 g/mol. The maximum absolute atomic E-state index is 12.5. The Morgan fingerprint density at radius 3 is 2.90 bits per heavy atom. The molecule has 0 saturated carbocycles. The van der Waals surface area contributed by atoms with Crippen molar-refractivity contribution in [2.24, 2.45) is 0 Å². The lowest BCUT2D eigenvalue weighted by Crippen LogP contribution is -2.25. The van der Waals surface area contributed by atoms with Crippen LogP contribution in [0.2, 0.25) is 0 Å². The number of aromatic nitrogens is 3. The number of carbonyl (C=O) groups is 2. The van der Waals surface area contributed by atoms with Crippen molar-refractivity contribution in [3.8, 4) is 6.07 Å². The van der Waals surface area contributed by atoms with Gasteiger partial charge in [-0.3, -0.25) is 9.59 Å². The molecule has 0 spiro atoms. The number of hydrogen-bond donors (Lipinski definition) is 1. The number of aryl methyl sites for hydroxylation is 2. The molecule has 0 unspecified atom stereocenters. The van der Waals surface area contributed by atoms with Crippen molar-refractivity contribution in [3.05, 3.63) is 58.5 Å². The quantitative estimate of drug-likeness (QED) is 0.665. The molecule has 4 rings (SSSR count). The molecule has 0 atom stereocenters. The molecule has 0 aliphatic carbocycles. The van der Waals surface area contributed by atoms with Crippen molar-refractivity contribution < 1.29 is 9.59 Å². The third kappa shape index (κ3) is 4.12. The van der Waals surface area contributed by atoms with Crippen LogP contribution in [0.5, 0.6) is 0 Å². The normalized spacial score (nSPS) is 13.6. The van der Waals surface area contributed by atoms with Crippen molar-refractivity contribution in [2.45, 2.75) is 46.1 Å². The number of hydrogen-bond acceptors (Lipinski definition) is 5. The Balaban J connectivity index is 1.38. The van der Waals surface area contributed by atoms with Gasteiger partial charge in [-0.15, -0.1) is 0 Å². The van der Waals surface area contributed by atoms with E-state index in [1.54, 1.807) is 9.42 Å². The first-order chi connectivity index (χ1) is 15.0. The summed E-state index contributed by atoms with van der Waals surface area (Å²) in [6.07, 6.45) is 3.85. The zero-order valence-corrected chi connectivity index (χ0v) is 17.7. The van der Waals surface area contributed by atoms with Crippen LogP contribution in [0, 0.1) is 25.2 Å². The maximum Gasteiger partial charge on any atom is 0.227 e. The molecule has 1 aromatic carbocycles. The molecule has 1 fully saturated rings. The number of nitrogens with one attached hydrogen (secondary N) is 1. The van der Waals surface area contributed by atoms with Gasteiger partial charge in [-0.1, -0.05) is 12.1 Å². The van der Waals surface area contributed by atoms with Crippen LogP contribution in [0.1, 0.15) is 47.3 Å². The molecule has 31 heavy (non-hydrogen) atoms. The van der Waals surface area contributed by atoms with E-state index >= 15 is 0 Å². The molecular formula is C23H24N6O2. The number of rotatable bonds is 6. The van der Waals surface area contributed by atoms with Crippen molar-refractivity contribution in [1.82, 2.24) is 19.9 Å². The van der Waals surface area contributed by atoms with Crippen LogP contribution in [-0.2, 0) is 22.6 Å². The van der Waals surface area contributed by atoms with Crippen LogP contribution in [0.4, 0.5) is 5.69 Å². The fraction of sp³-hybridized carbons (Fsp3) is 0.348. The predicted octanol–water partition coefficient (Wildman–Crippen LogP) is 2.59. The Bertz CT molecular complexity index is 1210. The van der Waals surface area contributed by atoms with Crippen LogP contribution in [-0.4, -0.2) is 33.0 Å². The minimum Gasteiger partial charge on any atom is -0.352 e. The lowest BCUT2D eigenvalue weighted by molar-refractivity contribution is -0.121. The monoisotopic (exact) mass is 416 g/mol. The molecular weight excluding hydrogens is 392 g/mol. The second-order valence-corrected chi connectivity index (χ2v) is 7.76. The van der Waals surface area contributed by atoms with Gasteiger partial charge < -0.3 is 10.2 Å². The van der Waals surface area contributed by atoms with Gasteiger partial charge in [0.1, 0.15) is 11.6 Å². The Morgan fingerprint density at radius 1 is 1.32 bits per heavy atom. The summed E-state index contributed by atoms with van der Waals surface area (Å²) < 4.78 is 1.66. The lowest BCUT2D eigenvalue weighted by Gasteiger charge is -2.16. The van der Waals surface area contributed by atoms with Gasteiger partial charge in [-0.2, -0.15) is 10.4 Å². The number of anilines is 1. The minimum absolute atomic E-state index is 0.0558. The van der Waals surface area contributed by atoms with Gasteiger partial charge in [-0.25, -0.2) is 9.50 Å². The van der Waals surface area contributed by atoms with Crippen molar-refractivity contribution in [3.63, 3.8) is 0 Å². The number of benzene rings is 1. The molecule has 1 aliphatic rings. The van der Waals surface area contributed by atoms with Crippen LogP contribution in [0.25, 0.3) is 5.65 Å². The van der Waals surface area contributed by atoms with E-state index in [4.69, 9.17) is 0 Å². The van der Waals surface area contributed by atoms with Gasteiger partial charge in [0.2, 0.25) is 11.8 Å². The molecule has 0 radical (unpaired) electrons. The van der Waals surface area contributed by atoms with E-state index < -0.39 is 0 Å². The predicted molar refractivity (Wildman–Crippen MR) is 115 cm³/mol. The van der Waals surface area contributed by atoms with Crippen molar-refractivity contribution in [2.75, 3.05) is 11.4 Å². The third-order valence-electron chi connectivity index (χ3n) is 5.72. The minimum atomic E-state index is -0.0558. The summed E-state index contributed by atoms with van der Waals surface area (Å²) in [6, 6.07) is 9.84. The molecule has 2 amide bonds. The van der Waals surface area contributed by atoms with Crippen molar-refractivity contribution >= 4 is 23.1 Å². The van der Waals surface area contributed by atoms with E-state index in [0.29, 0.717) is 37.0 Å². The molecule has 1 aliphatic heterocycles. The van der Waals surface area contributed by atoms with Gasteiger partial charge >= 0.3 is 0 Å². The van der Waals surface area contributed by atoms with Gasteiger partial charge in [0, 0.05) is 43.0 Å². The van der Waals surface area contributed by atoms with E-state index in [2.05, 4.69) is 21.5 Å². The zero-order valence-electron chi connectivity index (χ0n) is 17.7. The molecule has 8 nitrogen and oxygen atoms in total. The Morgan fingerprint density at radius 2 is 2.16 bits per heavy atom. The second-order valence-electron chi connectivity index (χ2n) is 7.76. The van der Waals surface area contributed by atoms with Gasteiger partial charge in [0.05, 0.1) is 6.20 Å². The summed E-state index contributed by atoms with van der Waals surface area (Å²) in [4.78, 5) is 30.7. The number of amides is 2. The molecule has 3 aromatic rings. The third-order valence-corrected chi connectivity index (χ3v) is 5.72. The SMILES string of the molecule is Cc1nc2c(C#N)cnn2c(C)c1CCC(=O)NCc1cccc(N2CCCC2=O)c1.